The molecular formula is C17H27FN2. The van der Waals surface area contributed by atoms with Gasteiger partial charge in [-0.2, -0.15) is 0 Å². The topological polar surface area (TPSA) is 29.3 Å². The van der Waals surface area contributed by atoms with Gasteiger partial charge in [-0.3, -0.25) is 4.90 Å². The van der Waals surface area contributed by atoms with Crippen molar-refractivity contribution < 1.29 is 4.39 Å². The summed E-state index contributed by atoms with van der Waals surface area (Å²) in [5, 5.41) is 0. The van der Waals surface area contributed by atoms with Crippen molar-refractivity contribution in [3.63, 3.8) is 0 Å². The van der Waals surface area contributed by atoms with Crippen LogP contribution in [0.25, 0.3) is 0 Å². The highest BCUT2D eigenvalue weighted by molar-refractivity contribution is 5.27. The lowest BCUT2D eigenvalue weighted by atomic mass is 9.93. The largest absolute Gasteiger partial charge is 0.329 e. The molecule has 112 valence electrons. The Morgan fingerprint density at radius 3 is 2.90 bits per heavy atom. The summed E-state index contributed by atoms with van der Waals surface area (Å²) in [5.41, 5.74) is 7.88. The van der Waals surface area contributed by atoms with E-state index < -0.39 is 0 Å². The molecule has 1 aromatic carbocycles. The predicted molar refractivity (Wildman–Crippen MR) is 82.2 cm³/mol. The predicted octanol–water partition coefficient (Wildman–Crippen LogP) is 3.79. The van der Waals surface area contributed by atoms with Crippen LogP contribution in [-0.2, 0) is 0 Å². The summed E-state index contributed by atoms with van der Waals surface area (Å²) < 4.78 is 14.2. The number of likely N-dealkylation sites (tertiary alicyclic amines) is 1. The van der Waals surface area contributed by atoms with Gasteiger partial charge in [-0.05, 0) is 38.8 Å². The number of rotatable bonds is 5. The molecule has 0 amide bonds. The Morgan fingerprint density at radius 2 is 2.20 bits per heavy atom. The molecule has 0 saturated carbocycles. The van der Waals surface area contributed by atoms with Crippen LogP contribution < -0.4 is 5.73 Å². The molecule has 1 fully saturated rings. The van der Waals surface area contributed by atoms with Gasteiger partial charge in [0.05, 0.1) is 6.04 Å². The second-order valence-corrected chi connectivity index (χ2v) is 5.95. The van der Waals surface area contributed by atoms with Gasteiger partial charge < -0.3 is 5.73 Å². The number of piperidine rings is 1. The van der Waals surface area contributed by atoms with Gasteiger partial charge in [0.25, 0.3) is 0 Å². The van der Waals surface area contributed by atoms with Gasteiger partial charge in [0, 0.05) is 18.2 Å². The lowest BCUT2D eigenvalue weighted by Gasteiger charge is -2.41. The molecule has 0 bridgehead atoms. The van der Waals surface area contributed by atoms with Crippen LogP contribution in [0.3, 0.4) is 0 Å². The minimum Gasteiger partial charge on any atom is -0.329 e. The molecule has 1 aliphatic rings. The summed E-state index contributed by atoms with van der Waals surface area (Å²) >= 11 is 0. The number of aryl methyl sites for hydroxylation is 1. The molecule has 2 atom stereocenters. The van der Waals surface area contributed by atoms with Crippen molar-refractivity contribution in [2.24, 2.45) is 5.73 Å². The fourth-order valence-electron chi connectivity index (χ4n) is 3.44. The van der Waals surface area contributed by atoms with Crippen LogP contribution in [0.2, 0.25) is 0 Å². The van der Waals surface area contributed by atoms with Crippen molar-refractivity contribution in [3.05, 3.63) is 35.1 Å². The lowest BCUT2D eigenvalue weighted by molar-refractivity contribution is 0.0894. The summed E-state index contributed by atoms with van der Waals surface area (Å²) in [6, 6.07) is 5.94. The van der Waals surface area contributed by atoms with Gasteiger partial charge in [0.1, 0.15) is 5.82 Å². The van der Waals surface area contributed by atoms with E-state index in [2.05, 4.69) is 11.8 Å². The highest BCUT2D eigenvalue weighted by Crippen LogP contribution is 2.31. The Kier molecular flexibility index (Phi) is 5.55. The number of benzene rings is 1. The number of hydrogen-bond donors (Lipinski definition) is 1. The van der Waals surface area contributed by atoms with Gasteiger partial charge in [-0.15, -0.1) is 0 Å². The molecule has 0 spiro atoms. The fourth-order valence-corrected chi connectivity index (χ4v) is 3.44. The minimum absolute atomic E-state index is 0.0201. The Hall–Kier alpha value is -0.930. The summed E-state index contributed by atoms with van der Waals surface area (Å²) in [6.07, 6.45) is 6.06. The molecule has 2 N–H and O–H groups in total. The zero-order valence-corrected chi connectivity index (χ0v) is 12.7. The molecule has 1 aromatic rings. The first-order valence-corrected chi connectivity index (χ1v) is 7.89. The van der Waals surface area contributed by atoms with E-state index in [1.807, 2.05) is 19.1 Å². The van der Waals surface area contributed by atoms with E-state index in [-0.39, 0.29) is 11.9 Å². The zero-order chi connectivity index (χ0) is 14.5. The van der Waals surface area contributed by atoms with E-state index in [1.165, 1.54) is 32.1 Å². The maximum Gasteiger partial charge on any atom is 0.128 e. The Bertz CT molecular complexity index is 431. The third-order valence-corrected chi connectivity index (χ3v) is 4.43. The van der Waals surface area contributed by atoms with E-state index in [1.54, 1.807) is 6.07 Å². The van der Waals surface area contributed by atoms with Crippen LogP contribution in [0.5, 0.6) is 0 Å². The smallest absolute Gasteiger partial charge is 0.128 e. The molecule has 0 aliphatic carbocycles. The zero-order valence-electron chi connectivity index (χ0n) is 12.7. The fraction of sp³-hybridized carbons (Fsp3) is 0.647. The normalized spacial score (nSPS) is 21.9. The molecule has 2 rings (SSSR count). The molecule has 1 saturated heterocycles. The van der Waals surface area contributed by atoms with Crippen LogP contribution in [-0.4, -0.2) is 24.0 Å². The van der Waals surface area contributed by atoms with Gasteiger partial charge in [0.2, 0.25) is 0 Å². The average molecular weight is 278 g/mol. The third kappa shape index (κ3) is 3.39. The maximum absolute atomic E-state index is 14.2. The number of hydrogen-bond acceptors (Lipinski definition) is 2. The van der Waals surface area contributed by atoms with Crippen LogP contribution >= 0.6 is 0 Å². The van der Waals surface area contributed by atoms with Gasteiger partial charge in [-0.1, -0.05) is 37.5 Å². The Balaban J connectivity index is 2.27. The molecule has 3 heteroatoms. The van der Waals surface area contributed by atoms with Crippen LogP contribution in [0.1, 0.15) is 56.2 Å². The average Bonchev–Trinajstić information content (AvgIpc) is 2.45. The summed E-state index contributed by atoms with van der Waals surface area (Å²) in [6.45, 7) is 5.76. The van der Waals surface area contributed by atoms with Crippen LogP contribution in [0.4, 0.5) is 4.39 Å². The molecule has 2 nitrogen and oxygen atoms in total. The van der Waals surface area contributed by atoms with E-state index >= 15 is 0 Å². The number of nitrogens with zero attached hydrogens (tertiary/aromatic N) is 1. The summed E-state index contributed by atoms with van der Waals surface area (Å²) in [4.78, 5) is 2.45. The number of nitrogens with two attached hydrogens (primary N) is 1. The van der Waals surface area contributed by atoms with Crippen molar-refractivity contribution >= 4 is 0 Å². The Morgan fingerprint density at radius 1 is 1.40 bits per heavy atom. The van der Waals surface area contributed by atoms with Crippen molar-refractivity contribution in [2.75, 3.05) is 13.1 Å². The summed E-state index contributed by atoms with van der Waals surface area (Å²) in [7, 11) is 0. The first-order valence-electron chi connectivity index (χ1n) is 7.89. The van der Waals surface area contributed by atoms with Gasteiger partial charge in [-0.25, -0.2) is 4.39 Å². The second-order valence-electron chi connectivity index (χ2n) is 5.95. The van der Waals surface area contributed by atoms with Crippen molar-refractivity contribution in [1.82, 2.24) is 4.90 Å². The highest BCUT2D eigenvalue weighted by atomic mass is 19.1. The first kappa shape index (κ1) is 15.5. The van der Waals surface area contributed by atoms with Crippen LogP contribution in [0, 0.1) is 12.7 Å². The molecule has 0 radical (unpaired) electrons. The second kappa shape index (κ2) is 7.19. The van der Waals surface area contributed by atoms with Crippen molar-refractivity contribution in [1.29, 1.82) is 0 Å². The summed E-state index contributed by atoms with van der Waals surface area (Å²) in [5.74, 6) is -0.119. The molecule has 2 unspecified atom stereocenters. The van der Waals surface area contributed by atoms with E-state index in [9.17, 15) is 4.39 Å². The molecule has 1 heterocycles. The van der Waals surface area contributed by atoms with E-state index in [0.29, 0.717) is 12.6 Å². The SMILES string of the molecule is CCCC1CCCCN1C(CN)c1cc(C)ccc1F. The minimum atomic E-state index is -0.119. The van der Waals surface area contributed by atoms with E-state index in [4.69, 9.17) is 5.73 Å². The molecule has 0 aromatic heterocycles. The Labute approximate surface area is 122 Å². The molecule has 20 heavy (non-hydrogen) atoms. The highest BCUT2D eigenvalue weighted by Gasteiger charge is 2.29. The van der Waals surface area contributed by atoms with E-state index in [0.717, 1.165) is 17.7 Å². The van der Waals surface area contributed by atoms with Gasteiger partial charge >= 0.3 is 0 Å². The lowest BCUT2D eigenvalue weighted by Crippen LogP contribution is -2.44. The molecule has 1 aliphatic heterocycles. The quantitative estimate of drug-likeness (QED) is 0.888. The van der Waals surface area contributed by atoms with Crippen LogP contribution in [0.15, 0.2) is 18.2 Å². The van der Waals surface area contributed by atoms with Gasteiger partial charge in [0.15, 0.2) is 0 Å². The third-order valence-electron chi connectivity index (χ3n) is 4.43. The monoisotopic (exact) mass is 278 g/mol. The van der Waals surface area contributed by atoms with Crippen molar-refractivity contribution in [3.8, 4) is 0 Å². The first-order chi connectivity index (χ1) is 9.67. The number of halogens is 1. The standard InChI is InChI=1S/C17H27FN2/c1-3-6-14-7-4-5-10-20(14)17(12-19)15-11-13(2)8-9-16(15)18/h8-9,11,14,17H,3-7,10,12,19H2,1-2H3. The van der Waals surface area contributed by atoms with Crippen molar-refractivity contribution in [2.45, 2.75) is 58.0 Å². The molecular weight excluding hydrogens is 251 g/mol. The maximum atomic E-state index is 14.2.